The summed E-state index contributed by atoms with van der Waals surface area (Å²) < 4.78 is 4.92. The van der Waals surface area contributed by atoms with Crippen LogP contribution in [0.3, 0.4) is 0 Å². The van der Waals surface area contributed by atoms with Crippen molar-refractivity contribution in [3.63, 3.8) is 0 Å². The number of nitrogens with one attached hydrogen (secondary N) is 2. The molecular formula is C20H21ClN2O4. The summed E-state index contributed by atoms with van der Waals surface area (Å²) in [6, 6.07) is 14.1. The molecule has 0 fully saturated rings. The molecule has 2 rings (SSSR count). The van der Waals surface area contributed by atoms with E-state index in [4.69, 9.17) is 16.3 Å². The van der Waals surface area contributed by atoms with Gasteiger partial charge in [0.25, 0.3) is 5.91 Å². The zero-order valence-corrected chi connectivity index (χ0v) is 15.7. The lowest BCUT2D eigenvalue weighted by atomic mass is 10.1. The number of anilines is 2. The maximum Gasteiger partial charge on any atom is 0.306 e. The molecule has 2 amide bonds. The van der Waals surface area contributed by atoms with Crippen LogP contribution in [0, 0.1) is 0 Å². The molecule has 0 heterocycles. The minimum absolute atomic E-state index is 0.0500. The Kier molecular flexibility index (Phi) is 7.82. The standard InChI is InChI=1S/C20H21ClN2O4/c1-2-14-6-3-4-9-17(14)23-19(25)13-27-20(26)11-10-18(24)22-16-8-5-7-15(21)12-16/h3-9,12H,2,10-11,13H2,1H3,(H,22,24)(H,23,25). The van der Waals surface area contributed by atoms with Crippen LogP contribution in [0.4, 0.5) is 11.4 Å². The van der Waals surface area contributed by atoms with E-state index >= 15 is 0 Å². The van der Waals surface area contributed by atoms with Crippen LogP contribution in [0.1, 0.15) is 25.3 Å². The van der Waals surface area contributed by atoms with E-state index in [1.807, 2.05) is 25.1 Å². The Bertz CT molecular complexity index is 823. The Balaban J connectivity index is 1.71. The third-order valence-electron chi connectivity index (χ3n) is 3.70. The van der Waals surface area contributed by atoms with Crippen molar-refractivity contribution in [1.82, 2.24) is 0 Å². The smallest absolute Gasteiger partial charge is 0.306 e. The number of hydrogen-bond acceptors (Lipinski definition) is 4. The first-order valence-corrected chi connectivity index (χ1v) is 8.94. The van der Waals surface area contributed by atoms with Crippen molar-refractivity contribution in [2.24, 2.45) is 0 Å². The Labute approximate surface area is 162 Å². The highest BCUT2D eigenvalue weighted by molar-refractivity contribution is 6.30. The van der Waals surface area contributed by atoms with Gasteiger partial charge in [0.2, 0.25) is 5.91 Å². The average molecular weight is 389 g/mol. The van der Waals surface area contributed by atoms with Crippen molar-refractivity contribution in [2.75, 3.05) is 17.2 Å². The fourth-order valence-corrected chi connectivity index (χ4v) is 2.55. The number of hydrogen-bond donors (Lipinski definition) is 2. The molecule has 0 saturated carbocycles. The van der Waals surface area contributed by atoms with Crippen molar-refractivity contribution < 1.29 is 19.1 Å². The number of para-hydroxylation sites is 1. The molecule has 0 aliphatic carbocycles. The second-order valence-corrected chi connectivity index (χ2v) is 6.21. The Hall–Kier alpha value is -2.86. The lowest BCUT2D eigenvalue weighted by Crippen LogP contribution is -2.22. The largest absolute Gasteiger partial charge is 0.456 e. The number of aryl methyl sites for hydroxylation is 1. The zero-order chi connectivity index (χ0) is 19.6. The fourth-order valence-electron chi connectivity index (χ4n) is 2.36. The van der Waals surface area contributed by atoms with Gasteiger partial charge in [0.15, 0.2) is 6.61 Å². The van der Waals surface area contributed by atoms with Crippen LogP contribution in [0.5, 0.6) is 0 Å². The second kappa shape index (κ2) is 10.3. The molecule has 142 valence electrons. The van der Waals surface area contributed by atoms with Gasteiger partial charge in [0.05, 0.1) is 6.42 Å². The quantitative estimate of drug-likeness (QED) is 0.673. The molecule has 0 aliphatic rings. The van der Waals surface area contributed by atoms with E-state index < -0.39 is 18.5 Å². The second-order valence-electron chi connectivity index (χ2n) is 5.78. The topological polar surface area (TPSA) is 84.5 Å². The van der Waals surface area contributed by atoms with E-state index in [0.29, 0.717) is 16.4 Å². The first-order chi connectivity index (χ1) is 13.0. The van der Waals surface area contributed by atoms with E-state index in [1.54, 1.807) is 30.3 Å². The first-order valence-electron chi connectivity index (χ1n) is 8.56. The summed E-state index contributed by atoms with van der Waals surface area (Å²) >= 11 is 5.84. The molecule has 0 atom stereocenters. The van der Waals surface area contributed by atoms with Gasteiger partial charge in [-0.25, -0.2) is 0 Å². The minimum atomic E-state index is -0.616. The van der Waals surface area contributed by atoms with Crippen LogP contribution >= 0.6 is 11.6 Å². The first kappa shape index (κ1) is 20.5. The van der Waals surface area contributed by atoms with Gasteiger partial charge in [0.1, 0.15) is 0 Å². The van der Waals surface area contributed by atoms with Crippen molar-refractivity contribution in [1.29, 1.82) is 0 Å². The lowest BCUT2D eigenvalue weighted by molar-refractivity contribution is -0.147. The maximum atomic E-state index is 11.9. The van der Waals surface area contributed by atoms with Crippen LogP contribution in [0.15, 0.2) is 48.5 Å². The highest BCUT2D eigenvalue weighted by atomic mass is 35.5. The van der Waals surface area contributed by atoms with Crippen molar-refractivity contribution >= 4 is 40.8 Å². The van der Waals surface area contributed by atoms with Crippen LogP contribution in [-0.2, 0) is 25.5 Å². The van der Waals surface area contributed by atoms with Gasteiger partial charge in [-0.05, 0) is 36.2 Å². The summed E-state index contributed by atoms with van der Waals surface area (Å²) in [5, 5.41) is 5.85. The fraction of sp³-hybridized carbons (Fsp3) is 0.250. The summed E-state index contributed by atoms with van der Waals surface area (Å²) in [7, 11) is 0. The molecule has 0 saturated heterocycles. The molecule has 0 aliphatic heterocycles. The molecule has 27 heavy (non-hydrogen) atoms. The SMILES string of the molecule is CCc1ccccc1NC(=O)COC(=O)CCC(=O)Nc1cccc(Cl)c1. The van der Waals surface area contributed by atoms with Gasteiger partial charge in [0, 0.05) is 22.8 Å². The third-order valence-corrected chi connectivity index (χ3v) is 3.94. The highest BCUT2D eigenvalue weighted by Gasteiger charge is 2.12. The van der Waals surface area contributed by atoms with Gasteiger partial charge < -0.3 is 15.4 Å². The molecule has 0 aromatic heterocycles. The summed E-state index contributed by atoms with van der Waals surface area (Å²) in [4.78, 5) is 35.5. The van der Waals surface area contributed by atoms with Crippen molar-refractivity contribution in [3.8, 4) is 0 Å². The summed E-state index contributed by atoms with van der Waals surface area (Å²) in [5.74, 6) is -1.38. The maximum absolute atomic E-state index is 11.9. The average Bonchev–Trinajstić information content (AvgIpc) is 2.65. The molecule has 7 heteroatoms. The van der Waals surface area contributed by atoms with E-state index in [9.17, 15) is 14.4 Å². The molecule has 0 bridgehead atoms. The van der Waals surface area contributed by atoms with E-state index in [2.05, 4.69) is 10.6 Å². The predicted octanol–water partition coefficient (Wildman–Crippen LogP) is 3.80. The van der Waals surface area contributed by atoms with Gasteiger partial charge in [-0.15, -0.1) is 0 Å². The number of halogens is 1. The number of carbonyl (C=O) groups is 3. The molecule has 2 aromatic rings. The summed E-state index contributed by atoms with van der Waals surface area (Å²) in [6.07, 6.45) is 0.606. The number of amides is 2. The summed E-state index contributed by atoms with van der Waals surface area (Å²) in [6.45, 7) is 1.59. The van der Waals surface area contributed by atoms with Crippen LogP contribution < -0.4 is 10.6 Å². The number of esters is 1. The van der Waals surface area contributed by atoms with Crippen molar-refractivity contribution in [3.05, 3.63) is 59.1 Å². The number of ether oxygens (including phenoxy) is 1. The Morgan fingerprint density at radius 3 is 2.48 bits per heavy atom. The van der Waals surface area contributed by atoms with Crippen LogP contribution in [-0.4, -0.2) is 24.4 Å². The van der Waals surface area contributed by atoms with E-state index in [-0.39, 0.29) is 18.7 Å². The molecule has 2 aromatic carbocycles. The monoisotopic (exact) mass is 388 g/mol. The Morgan fingerprint density at radius 2 is 1.74 bits per heavy atom. The van der Waals surface area contributed by atoms with E-state index in [1.165, 1.54) is 0 Å². The molecule has 0 radical (unpaired) electrons. The van der Waals surface area contributed by atoms with Crippen molar-refractivity contribution in [2.45, 2.75) is 26.2 Å². The normalized spacial score (nSPS) is 10.1. The zero-order valence-electron chi connectivity index (χ0n) is 15.0. The molecule has 0 spiro atoms. The van der Waals surface area contributed by atoms with Crippen LogP contribution in [0.2, 0.25) is 5.02 Å². The highest BCUT2D eigenvalue weighted by Crippen LogP contribution is 2.16. The van der Waals surface area contributed by atoms with E-state index in [0.717, 1.165) is 12.0 Å². The number of rotatable bonds is 8. The molecular weight excluding hydrogens is 368 g/mol. The minimum Gasteiger partial charge on any atom is -0.456 e. The number of carbonyl (C=O) groups excluding carboxylic acids is 3. The molecule has 0 unspecified atom stereocenters. The van der Waals surface area contributed by atoms with Crippen LogP contribution in [0.25, 0.3) is 0 Å². The van der Waals surface area contributed by atoms with Gasteiger partial charge in [-0.2, -0.15) is 0 Å². The molecule has 2 N–H and O–H groups in total. The van der Waals surface area contributed by atoms with Gasteiger partial charge >= 0.3 is 5.97 Å². The van der Waals surface area contributed by atoms with Gasteiger partial charge in [-0.3, -0.25) is 14.4 Å². The number of benzene rings is 2. The summed E-state index contributed by atoms with van der Waals surface area (Å²) in [5.41, 5.74) is 2.24. The van der Waals surface area contributed by atoms with Gasteiger partial charge in [-0.1, -0.05) is 42.8 Å². The lowest BCUT2D eigenvalue weighted by Gasteiger charge is -2.10. The Morgan fingerprint density at radius 1 is 0.963 bits per heavy atom. The molecule has 6 nitrogen and oxygen atoms in total. The third kappa shape index (κ3) is 7.11. The predicted molar refractivity (Wildman–Crippen MR) is 105 cm³/mol.